The summed E-state index contributed by atoms with van der Waals surface area (Å²) in [5.41, 5.74) is 5.61. The molecule has 0 N–H and O–H groups in total. The van der Waals surface area contributed by atoms with E-state index in [0.717, 1.165) is 39.7 Å². The molecule has 0 spiro atoms. The average Bonchev–Trinajstić information content (AvgIpc) is 3.68. The summed E-state index contributed by atoms with van der Waals surface area (Å²) in [7, 11) is 3.52. The summed E-state index contributed by atoms with van der Waals surface area (Å²) < 4.78 is 18.4. The van der Waals surface area contributed by atoms with Crippen LogP contribution in [0.15, 0.2) is 66.7 Å². The fourth-order valence-corrected chi connectivity index (χ4v) is 4.95. The third kappa shape index (κ3) is 5.31. The zero-order valence-corrected chi connectivity index (χ0v) is 21.4. The molecule has 0 aromatic heterocycles. The standard InChI is InChI=1S/C31H38O3/c1-21(22-15-16-22)24-13-10-14-26(19-24)34-20-25-17-18-27(23-11-8-7-9-12-23)28(29(25)32-5)30(33-6)31(2,3)4/h7-14,17-19,21-22,30H,15-16,20H2,1-6H3/t21-,30+/m0/s1. The van der Waals surface area contributed by atoms with E-state index >= 15 is 0 Å². The van der Waals surface area contributed by atoms with Gasteiger partial charge in [0.25, 0.3) is 0 Å². The lowest BCUT2D eigenvalue weighted by atomic mass is 9.80. The van der Waals surface area contributed by atoms with Crippen molar-refractivity contribution in [2.75, 3.05) is 14.2 Å². The molecule has 4 rings (SSSR count). The summed E-state index contributed by atoms with van der Waals surface area (Å²) in [6.45, 7) is 9.36. The Hall–Kier alpha value is -2.78. The molecule has 0 radical (unpaired) electrons. The Morgan fingerprint density at radius 2 is 1.65 bits per heavy atom. The zero-order valence-electron chi connectivity index (χ0n) is 21.4. The van der Waals surface area contributed by atoms with Crippen LogP contribution in [-0.2, 0) is 11.3 Å². The summed E-state index contributed by atoms with van der Waals surface area (Å²) in [5, 5.41) is 0. The molecule has 2 atom stereocenters. The van der Waals surface area contributed by atoms with Gasteiger partial charge in [-0.1, -0.05) is 82.3 Å². The molecule has 3 nitrogen and oxygen atoms in total. The molecule has 34 heavy (non-hydrogen) atoms. The molecule has 1 aliphatic rings. The molecular weight excluding hydrogens is 420 g/mol. The van der Waals surface area contributed by atoms with E-state index in [9.17, 15) is 0 Å². The zero-order chi connectivity index (χ0) is 24.3. The van der Waals surface area contributed by atoms with Crippen molar-refractivity contribution in [3.63, 3.8) is 0 Å². The highest BCUT2D eigenvalue weighted by Crippen LogP contribution is 2.46. The lowest BCUT2D eigenvalue weighted by molar-refractivity contribution is 0.0138. The molecule has 0 unspecified atom stereocenters. The van der Waals surface area contributed by atoms with Crippen LogP contribution >= 0.6 is 0 Å². The van der Waals surface area contributed by atoms with Gasteiger partial charge in [-0.25, -0.2) is 0 Å². The predicted molar refractivity (Wildman–Crippen MR) is 140 cm³/mol. The number of hydrogen-bond acceptors (Lipinski definition) is 3. The van der Waals surface area contributed by atoms with Crippen molar-refractivity contribution in [2.45, 2.75) is 59.2 Å². The van der Waals surface area contributed by atoms with Gasteiger partial charge in [-0.15, -0.1) is 0 Å². The molecule has 1 aliphatic carbocycles. The van der Waals surface area contributed by atoms with Crippen LogP contribution in [0, 0.1) is 11.3 Å². The summed E-state index contributed by atoms with van der Waals surface area (Å²) in [5.74, 6) is 3.15. The third-order valence-electron chi connectivity index (χ3n) is 6.96. The van der Waals surface area contributed by atoms with Crippen LogP contribution in [0.25, 0.3) is 11.1 Å². The van der Waals surface area contributed by atoms with Crippen molar-refractivity contribution in [3.8, 4) is 22.6 Å². The molecule has 3 aromatic carbocycles. The van der Waals surface area contributed by atoms with Crippen LogP contribution in [0.3, 0.4) is 0 Å². The minimum atomic E-state index is -0.139. The molecule has 0 aliphatic heterocycles. The SMILES string of the molecule is COc1c(COc2cccc([C@@H](C)C3CC3)c2)ccc(-c2ccccc2)c1[C@@H](OC)C(C)(C)C. The quantitative estimate of drug-likeness (QED) is 0.323. The van der Waals surface area contributed by atoms with Crippen LogP contribution in [0.1, 0.15) is 69.2 Å². The minimum absolute atomic E-state index is 0.113. The van der Waals surface area contributed by atoms with E-state index in [4.69, 9.17) is 14.2 Å². The van der Waals surface area contributed by atoms with Crippen molar-refractivity contribution >= 4 is 0 Å². The molecule has 1 saturated carbocycles. The molecule has 0 amide bonds. The Bertz CT molecular complexity index is 1090. The number of benzene rings is 3. The Morgan fingerprint density at radius 3 is 2.26 bits per heavy atom. The van der Waals surface area contributed by atoms with E-state index < -0.39 is 0 Å². The van der Waals surface area contributed by atoms with Gasteiger partial charge in [0, 0.05) is 18.2 Å². The fraction of sp³-hybridized carbons (Fsp3) is 0.419. The van der Waals surface area contributed by atoms with Crippen LogP contribution < -0.4 is 9.47 Å². The van der Waals surface area contributed by atoms with Gasteiger partial charge in [0.05, 0.1) is 13.2 Å². The predicted octanol–water partition coefficient (Wildman–Crippen LogP) is 8.19. The van der Waals surface area contributed by atoms with Crippen molar-refractivity contribution < 1.29 is 14.2 Å². The van der Waals surface area contributed by atoms with Crippen molar-refractivity contribution in [3.05, 3.63) is 83.4 Å². The average molecular weight is 459 g/mol. The van der Waals surface area contributed by atoms with Gasteiger partial charge in [-0.05, 0) is 58.9 Å². The van der Waals surface area contributed by atoms with Gasteiger partial charge < -0.3 is 14.2 Å². The smallest absolute Gasteiger partial charge is 0.131 e. The Kier molecular flexibility index (Phi) is 7.33. The highest BCUT2D eigenvalue weighted by molar-refractivity contribution is 5.72. The third-order valence-corrected chi connectivity index (χ3v) is 6.96. The largest absolute Gasteiger partial charge is 0.496 e. The second-order valence-electron chi connectivity index (χ2n) is 10.6. The van der Waals surface area contributed by atoms with Gasteiger partial charge in [0.15, 0.2) is 0 Å². The van der Waals surface area contributed by atoms with E-state index in [1.165, 1.54) is 18.4 Å². The first-order chi connectivity index (χ1) is 16.3. The van der Waals surface area contributed by atoms with Gasteiger partial charge in [0.2, 0.25) is 0 Å². The lowest BCUT2D eigenvalue weighted by Gasteiger charge is -2.33. The molecule has 3 aromatic rings. The fourth-order valence-electron chi connectivity index (χ4n) is 4.95. The van der Waals surface area contributed by atoms with Crippen molar-refractivity contribution in [1.29, 1.82) is 0 Å². The second kappa shape index (κ2) is 10.2. The maximum atomic E-state index is 6.30. The number of methoxy groups -OCH3 is 2. The van der Waals surface area contributed by atoms with Gasteiger partial charge in [-0.3, -0.25) is 0 Å². The topological polar surface area (TPSA) is 27.7 Å². The maximum absolute atomic E-state index is 6.30. The summed E-state index contributed by atoms with van der Waals surface area (Å²) >= 11 is 0. The van der Waals surface area contributed by atoms with E-state index in [1.54, 1.807) is 14.2 Å². The number of hydrogen-bond donors (Lipinski definition) is 0. The van der Waals surface area contributed by atoms with Crippen LogP contribution in [0.2, 0.25) is 0 Å². The molecule has 0 heterocycles. The normalized spacial score (nSPS) is 15.6. The number of ether oxygens (including phenoxy) is 3. The minimum Gasteiger partial charge on any atom is -0.496 e. The first-order valence-corrected chi connectivity index (χ1v) is 12.3. The molecule has 1 fully saturated rings. The highest BCUT2D eigenvalue weighted by atomic mass is 16.5. The van der Waals surface area contributed by atoms with Crippen LogP contribution in [0.4, 0.5) is 0 Å². The Morgan fingerprint density at radius 1 is 0.912 bits per heavy atom. The molecule has 0 bridgehead atoms. The van der Waals surface area contributed by atoms with Crippen LogP contribution in [0.5, 0.6) is 11.5 Å². The lowest BCUT2D eigenvalue weighted by Crippen LogP contribution is -2.22. The van der Waals surface area contributed by atoms with E-state index in [0.29, 0.717) is 12.5 Å². The van der Waals surface area contributed by atoms with Crippen LogP contribution in [-0.4, -0.2) is 14.2 Å². The van der Waals surface area contributed by atoms with E-state index in [-0.39, 0.29) is 11.5 Å². The Balaban J connectivity index is 1.70. The maximum Gasteiger partial charge on any atom is 0.131 e. The first-order valence-electron chi connectivity index (χ1n) is 12.3. The van der Waals surface area contributed by atoms with E-state index in [1.807, 2.05) is 12.1 Å². The molecular formula is C31H38O3. The highest BCUT2D eigenvalue weighted by Gasteiger charge is 2.33. The van der Waals surface area contributed by atoms with Crippen molar-refractivity contribution in [1.82, 2.24) is 0 Å². The summed E-state index contributed by atoms with van der Waals surface area (Å²) in [6.07, 6.45) is 2.54. The summed E-state index contributed by atoms with van der Waals surface area (Å²) in [6, 6.07) is 23.3. The Labute approximate surface area is 205 Å². The molecule has 0 saturated heterocycles. The van der Waals surface area contributed by atoms with Gasteiger partial charge in [-0.2, -0.15) is 0 Å². The van der Waals surface area contributed by atoms with Crippen molar-refractivity contribution in [2.24, 2.45) is 11.3 Å². The first kappa shape index (κ1) is 24.3. The number of rotatable bonds is 9. The van der Waals surface area contributed by atoms with Gasteiger partial charge >= 0.3 is 0 Å². The molecule has 3 heteroatoms. The monoisotopic (exact) mass is 458 g/mol. The van der Waals surface area contributed by atoms with Gasteiger partial charge in [0.1, 0.15) is 18.1 Å². The second-order valence-corrected chi connectivity index (χ2v) is 10.6. The van der Waals surface area contributed by atoms with E-state index in [2.05, 4.69) is 82.3 Å². The molecule has 180 valence electrons. The summed E-state index contributed by atoms with van der Waals surface area (Å²) in [4.78, 5) is 0.